The third-order valence-electron chi connectivity index (χ3n) is 6.41. The molecule has 1 N–H and O–H groups in total. The van der Waals surface area contributed by atoms with Gasteiger partial charge in [0.25, 0.3) is 0 Å². The first kappa shape index (κ1) is 16.7. The SMILES string of the molecule is COc1cc2c(cc1OC)CCN(C(=O)C1CC13CCNCC3)CC2. The summed E-state index contributed by atoms with van der Waals surface area (Å²) >= 11 is 0. The lowest BCUT2D eigenvalue weighted by Crippen LogP contribution is -2.37. The van der Waals surface area contributed by atoms with Gasteiger partial charge in [0.05, 0.1) is 14.2 Å². The van der Waals surface area contributed by atoms with E-state index in [0.29, 0.717) is 11.3 Å². The third kappa shape index (κ3) is 2.99. The molecule has 5 heteroatoms. The van der Waals surface area contributed by atoms with Gasteiger partial charge in [-0.3, -0.25) is 4.79 Å². The van der Waals surface area contributed by atoms with Gasteiger partial charge in [0.2, 0.25) is 5.91 Å². The number of fused-ring (bicyclic) bond motifs is 1. The Balaban J connectivity index is 1.46. The molecule has 2 aliphatic heterocycles. The Hall–Kier alpha value is -1.75. The molecular weight excluding hydrogens is 316 g/mol. The number of carbonyl (C=O) groups excluding carboxylic acids is 1. The summed E-state index contributed by atoms with van der Waals surface area (Å²) in [7, 11) is 3.34. The van der Waals surface area contributed by atoms with Crippen molar-refractivity contribution in [3.05, 3.63) is 23.3 Å². The van der Waals surface area contributed by atoms with Gasteiger partial charge in [-0.15, -0.1) is 0 Å². The highest BCUT2D eigenvalue weighted by Crippen LogP contribution is 2.59. The summed E-state index contributed by atoms with van der Waals surface area (Å²) in [6.45, 7) is 3.75. The second kappa shape index (κ2) is 6.52. The molecule has 3 aliphatic rings. The number of ether oxygens (including phenoxy) is 2. The van der Waals surface area contributed by atoms with Gasteiger partial charge in [0, 0.05) is 19.0 Å². The Morgan fingerprint density at radius 3 is 2.16 bits per heavy atom. The molecule has 1 unspecified atom stereocenters. The molecule has 5 nitrogen and oxygen atoms in total. The summed E-state index contributed by atoms with van der Waals surface area (Å²) in [6.07, 6.45) is 5.20. The average molecular weight is 344 g/mol. The number of hydrogen-bond acceptors (Lipinski definition) is 4. The second-order valence-electron chi connectivity index (χ2n) is 7.67. The maximum atomic E-state index is 13.0. The predicted octanol–water partition coefficient (Wildman–Crippen LogP) is 2.02. The van der Waals surface area contributed by atoms with Crippen molar-refractivity contribution >= 4 is 5.91 Å². The predicted molar refractivity (Wildman–Crippen MR) is 96.2 cm³/mol. The number of nitrogens with one attached hydrogen (secondary N) is 1. The normalized spacial score (nSPS) is 24.4. The molecular formula is C20H28N2O3. The van der Waals surface area contributed by atoms with Crippen LogP contribution in [0.3, 0.4) is 0 Å². The molecule has 1 aliphatic carbocycles. The van der Waals surface area contributed by atoms with E-state index < -0.39 is 0 Å². The van der Waals surface area contributed by atoms with E-state index in [4.69, 9.17) is 9.47 Å². The minimum absolute atomic E-state index is 0.264. The zero-order chi connectivity index (χ0) is 17.4. The number of amides is 1. The van der Waals surface area contributed by atoms with Gasteiger partial charge >= 0.3 is 0 Å². The Labute approximate surface area is 149 Å². The molecule has 1 saturated carbocycles. The highest BCUT2D eigenvalue weighted by Gasteiger charge is 2.58. The maximum Gasteiger partial charge on any atom is 0.226 e. The number of nitrogens with zero attached hydrogens (tertiary/aromatic N) is 1. The lowest BCUT2D eigenvalue weighted by Gasteiger charge is -2.26. The Bertz CT molecular complexity index is 632. The smallest absolute Gasteiger partial charge is 0.226 e. The van der Waals surface area contributed by atoms with Crippen LogP contribution in [0.4, 0.5) is 0 Å². The van der Waals surface area contributed by atoms with Gasteiger partial charge in [-0.25, -0.2) is 0 Å². The van der Waals surface area contributed by atoms with Crippen molar-refractivity contribution in [3.63, 3.8) is 0 Å². The molecule has 0 bridgehead atoms. The number of piperidine rings is 1. The summed E-state index contributed by atoms with van der Waals surface area (Å²) in [6, 6.07) is 4.15. The van der Waals surface area contributed by atoms with E-state index >= 15 is 0 Å². The van der Waals surface area contributed by atoms with Crippen LogP contribution in [0, 0.1) is 11.3 Å². The maximum absolute atomic E-state index is 13.0. The number of hydrogen-bond donors (Lipinski definition) is 1. The van der Waals surface area contributed by atoms with Crippen molar-refractivity contribution in [1.82, 2.24) is 10.2 Å². The minimum atomic E-state index is 0.264. The van der Waals surface area contributed by atoms with Crippen molar-refractivity contribution < 1.29 is 14.3 Å². The van der Waals surface area contributed by atoms with Gasteiger partial charge in [-0.1, -0.05) is 0 Å². The first-order valence-corrected chi connectivity index (χ1v) is 9.40. The Morgan fingerprint density at radius 1 is 1.08 bits per heavy atom. The standard InChI is InChI=1S/C20H28N2O3/c1-24-17-11-14-3-9-22(10-4-15(14)12-18(17)25-2)19(23)16-13-20(16)5-7-21-8-6-20/h11-12,16,21H,3-10,13H2,1-2H3. The van der Waals surface area contributed by atoms with Crippen molar-refractivity contribution in [2.45, 2.75) is 32.1 Å². The van der Waals surface area contributed by atoms with E-state index in [1.807, 2.05) is 0 Å². The van der Waals surface area contributed by atoms with Crippen LogP contribution in [0.1, 0.15) is 30.4 Å². The summed E-state index contributed by atoms with van der Waals surface area (Å²) in [5.41, 5.74) is 2.87. The average Bonchev–Trinajstić information content (AvgIpc) is 3.38. The van der Waals surface area contributed by atoms with Crippen molar-refractivity contribution in [2.75, 3.05) is 40.4 Å². The summed E-state index contributed by atoms with van der Waals surface area (Å²) in [5.74, 6) is 2.20. The first-order chi connectivity index (χ1) is 12.2. The third-order valence-corrected chi connectivity index (χ3v) is 6.41. The van der Waals surface area contributed by atoms with Crippen LogP contribution in [-0.2, 0) is 17.6 Å². The van der Waals surface area contributed by atoms with Crippen LogP contribution < -0.4 is 14.8 Å². The number of methoxy groups -OCH3 is 2. The van der Waals surface area contributed by atoms with Gasteiger partial charge < -0.3 is 19.7 Å². The molecule has 0 aromatic heterocycles. The van der Waals surface area contributed by atoms with E-state index in [1.54, 1.807) is 14.2 Å². The highest BCUT2D eigenvalue weighted by atomic mass is 16.5. The van der Waals surface area contributed by atoms with Crippen molar-refractivity contribution in [2.24, 2.45) is 11.3 Å². The van der Waals surface area contributed by atoms with E-state index in [1.165, 1.54) is 11.1 Å². The molecule has 136 valence electrons. The van der Waals surface area contributed by atoms with E-state index in [9.17, 15) is 4.79 Å². The Kier molecular flexibility index (Phi) is 4.36. The zero-order valence-electron chi connectivity index (χ0n) is 15.3. The zero-order valence-corrected chi connectivity index (χ0v) is 15.3. The fourth-order valence-electron chi connectivity index (χ4n) is 4.67. The number of carbonyl (C=O) groups is 1. The van der Waals surface area contributed by atoms with Crippen LogP contribution >= 0.6 is 0 Å². The van der Waals surface area contributed by atoms with Gasteiger partial charge in [0.1, 0.15) is 0 Å². The Morgan fingerprint density at radius 2 is 1.64 bits per heavy atom. The summed E-state index contributed by atoms with van der Waals surface area (Å²) in [5, 5.41) is 3.41. The molecule has 0 radical (unpaired) electrons. The second-order valence-corrected chi connectivity index (χ2v) is 7.67. The highest BCUT2D eigenvalue weighted by molar-refractivity contribution is 5.83. The van der Waals surface area contributed by atoms with Crippen molar-refractivity contribution in [1.29, 1.82) is 0 Å². The minimum Gasteiger partial charge on any atom is -0.493 e. The number of rotatable bonds is 3. The van der Waals surface area contributed by atoms with Crippen LogP contribution in [0.25, 0.3) is 0 Å². The monoisotopic (exact) mass is 344 g/mol. The molecule has 2 fully saturated rings. The van der Waals surface area contributed by atoms with Crippen LogP contribution in [0.5, 0.6) is 11.5 Å². The summed E-state index contributed by atoms with van der Waals surface area (Å²) < 4.78 is 10.9. The van der Waals surface area contributed by atoms with E-state index in [-0.39, 0.29) is 5.92 Å². The molecule has 1 aromatic rings. The van der Waals surface area contributed by atoms with E-state index in [2.05, 4.69) is 22.3 Å². The molecule has 1 aromatic carbocycles. The topological polar surface area (TPSA) is 50.8 Å². The molecule has 2 heterocycles. The largest absolute Gasteiger partial charge is 0.493 e. The fraction of sp³-hybridized carbons (Fsp3) is 0.650. The molecule has 1 amide bonds. The fourth-order valence-corrected chi connectivity index (χ4v) is 4.67. The van der Waals surface area contributed by atoms with Gasteiger partial charge in [-0.05, 0) is 73.9 Å². The van der Waals surface area contributed by atoms with E-state index in [0.717, 1.165) is 69.8 Å². The molecule has 25 heavy (non-hydrogen) atoms. The van der Waals surface area contributed by atoms with Crippen LogP contribution in [0.15, 0.2) is 12.1 Å². The van der Waals surface area contributed by atoms with Crippen LogP contribution in [0.2, 0.25) is 0 Å². The number of benzene rings is 1. The molecule has 1 spiro atoms. The molecule has 1 saturated heterocycles. The summed E-state index contributed by atoms with van der Waals surface area (Å²) in [4.78, 5) is 15.1. The van der Waals surface area contributed by atoms with Gasteiger partial charge in [-0.2, -0.15) is 0 Å². The van der Waals surface area contributed by atoms with Crippen LogP contribution in [-0.4, -0.2) is 51.2 Å². The quantitative estimate of drug-likeness (QED) is 0.911. The molecule has 1 atom stereocenters. The first-order valence-electron chi connectivity index (χ1n) is 9.40. The van der Waals surface area contributed by atoms with Gasteiger partial charge in [0.15, 0.2) is 11.5 Å². The van der Waals surface area contributed by atoms with Crippen molar-refractivity contribution in [3.8, 4) is 11.5 Å². The lowest BCUT2D eigenvalue weighted by atomic mass is 9.91. The molecule has 4 rings (SSSR count). The lowest BCUT2D eigenvalue weighted by molar-refractivity contribution is -0.133.